The van der Waals surface area contributed by atoms with Gasteiger partial charge in [0.2, 0.25) is 11.8 Å². The molecular weight excluding hydrogens is 475 g/mol. The molecule has 198 valence electrons. The van der Waals surface area contributed by atoms with Crippen LogP contribution in [-0.4, -0.2) is 79.1 Å². The van der Waals surface area contributed by atoms with Crippen LogP contribution in [0.15, 0.2) is 48.5 Å². The molecule has 0 aromatic heterocycles. The zero-order valence-corrected chi connectivity index (χ0v) is 21.9. The predicted molar refractivity (Wildman–Crippen MR) is 139 cm³/mol. The largest absolute Gasteiger partial charge is 0.379 e. The number of likely N-dealkylation sites (N-methyl/N-ethyl adjacent to an activating group) is 1. The molecule has 1 spiro atoms. The van der Waals surface area contributed by atoms with Crippen LogP contribution in [0.2, 0.25) is 0 Å². The van der Waals surface area contributed by atoms with E-state index in [0.717, 1.165) is 11.3 Å². The number of halogens is 1. The van der Waals surface area contributed by atoms with Gasteiger partial charge in [0, 0.05) is 32.9 Å². The van der Waals surface area contributed by atoms with Crippen LogP contribution in [0.1, 0.15) is 42.6 Å². The maximum absolute atomic E-state index is 14.4. The number of aryl methyl sites for hydroxylation is 1. The average molecular weight is 511 g/mol. The fourth-order valence-corrected chi connectivity index (χ4v) is 5.30. The molecule has 2 fully saturated rings. The molecule has 0 bridgehead atoms. The van der Waals surface area contributed by atoms with Crippen molar-refractivity contribution in [2.24, 2.45) is 0 Å². The lowest BCUT2D eigenvalue weighted by atomic mass is 9.85. The van der Waals surface area contributed by atoms with E-state index in [4.69, 9.17) is 4.74 Å². The lowest BCUT2D eigenvalue weighted by Gasteiger charge is -2.44. The number of carbonyl (C=O) groups excluding carboxylic acids is 3. The van der Waals surface area contributed by atoms with Crippen molar-refractivity contribution >= 4 is 23.4 Å². The first-order valence-corrected chi connectivity index (χ1v) is 12.7. The number of methoxy groups -OCH3 is 1. The SMILES string of the molecule is CCc1ccc(F)c(C(=O)N[C@H](C(=O)N2CCC3(CC2)C(=O)N(C)CN3c2ccccc2)[C@H](C)OC)c1. The van der Waals surface area contributed by atoms with Crippen molar-refractivity contribution in [2.45, 2.75) is 50.8 Å². The van der Waals surface area contributed by atoms with Crippen LogP contribution in [0.4, 0.5) is 10.1 Å². The van der Waals surface area contributed by atoms with E-state index in [0.29, 0.717) is 39.0 Å². The summed E-state index contributed by atoms with van der Waals surface area (Å²) < 4.78 is 19.8. The van der Waals surface area contributed by atoms with E-state index in [1.807, 2.05) is 37.3 Å². The Balaban J connectivity index is 1.51. The topological polar surface area (TPSA) is 82.2 Å². The third kappa shape index (κ3) is 5.05. The molecule has 9 heteroatoms. The normalized spacial score (nSPS) is 18.7. The van der Waals surface area contributed by atoms with Crippen molar-refractivity contribution in [1.82, 2.24) is 15.1 Å². The van der Waals surface area contributed by atoms with Crippen LogP contribution < -0.4 is 10.2 Å². The van der Waals surface area contributed by atoms with E-state index < -0.39 is 29.4 Å². The van der Waals surface area contributed by atoms with Gasteiger partial charge in [0.1, 0.15) is 17.4 Å². The molecule has 2 aliphatic heterocycles. The van der Waals surface area contributed by atoms with Gasteiger partial charge in [-0.3, -0.25) is 14.4 Å². The monoisotopic (exact) mass is 510 g/mol. The van der Waals surface area contributed by atoms with Gasteiger partial charge in [-0.15, -0.1) is 0 Å². The molecule has 8 nitrogen and oxygen atoms in total. The van der Waals surface area contributed by atoms with Gasteiger partial charge in [0.15, 0.2) is 0 Å². The number of hydrogen-bond acceptors (Lipinski definition) is 5. The van der Waals surface area contributed by atoms with E-state index in [2.05, 4.69) is 10.2 Å². The Hall–Kier alpha value is -3.46. The van der Waals surface area contributed by atoms with Gasteiger partial charge in [0.25, 0.3) is 5.91 Å². The number of likely N-dealkylation sites (tertiary alicyclic amines) is 1. The highest BCUT2D eigenvalue weighted by molar-refractivity contribution is 5.98. The lowest BCUT2D eigenvalue weighted by molar-refractivity contribution is -0.141. The number of nitrogens with one attached hydrogen (secondary N) is 1. The Morgan fingerprint density at radius 2 is 1.81 bits per heavy atom. The van der Waals surface area contributed by atoms with E-state index in [-0.39, 0.29) is 17.4 Å². The number of hydrogen-bond donors (Lipinski definition) is 1. The number of benzene rings is 2. The molecule has 1 N–H and O–H groups in total. The molecule has 0 radical (unpaired) electrons. The highest BCUT2D eigenvalue weighted by atomic mass is 19.1. The summed E-state index contributed by atoms with van der Waals surface area (Å²) in [6, 6.07) is 13.2. The second kappa shape index (κ2) is 10.9. The third-order valence-electron chi connectivity index (χ3n) is 7.66. The Kier molecular flexibility index (Phi) is 7.82. The maximum atomic E-state index is 14.4. The van der Waals surface area contributed by atoms with Crippen molar-refractivity contribution in [3.8, 4) is 0 Å². The molecule has 2 aromatic rings. The summed E-state index contributed by atoms with van der Waals surface area (Å²) in [5.41, 5.74) is 0.970. The van der Waals surface area contributed by atoms with Gasteiger partial charge >= 0.3 is 0 Å². The summed E-state index contributed by atoms with van der Waals surface area (Å²) in [5, 5.41) is 2.70. The Labute approximate surface area is 217 Å². The summed E-state index contributed by atoms with van der Waals surface area (Å²) in [5.74, 6) is -1.57. The molecule has 0 unspecified atom stereocenters. The van der Waals surface area contributed by atoms with Crippen LogP contribution in [0.3, 0.4) is 0 Å². The number of anilines is 1. The summed E-state index contributed by atoms with van der Waals surface area (Å²) in [6.07, 6.45) is 0.948. The number of rotatable bonds is 7. The van der Waals surface area contributed by atoms with Crippen LogP contribution in [-0.2, 0) is 20.7 Å². The lowest BCUT2D eigenvalue weighted by Crippen LogP contribution is -2.61. The molecule has 0 aliphatic carbocycles. The maximum Gasteiger partial charge on any atom is 0.254 e. The first-order chi connectivity index (χ1) is 17.7. The number of ether oxygens (including phenoxy) is 1. The van der Waals surface area contributed by atoms with E-state index in [1.165, 1.54) is 19.2 Å². The highest BCUT2D eigenvalue weighted by Crippen LogP contribution is 2.39. The van der Waals surface area contributed by atoms with Crippen molar-refractivity contribution in [3.63, 3.8) is 0 Å². The van der Waals surface area contributed by atoms with Crippen molar-refractivity contribution in [3.05, 3.63) is 65.5 Å². The molecule has 2 aromatic carbocycles. The second-order valence-corrected chi connectivity index (χ2v) is 9.82. The molecule has 2 saturated heterocycles. The van der Waals surface area contributed by atoms with Crippen LogP contribution in [0, 0.1) is 5.82 Å². The van der Waals surface area contributed by atoms with Gasteiger partial charge in [-0.05, 0) is 56.0 Å². The number of piperidine rings is 1. The molecule has 37 heavy (non-hydrogen) atoms. The Morgan fingerprint density at radius 1 is 1.14 bits per heavy atom. The Bertz CT molecular complexity index is 1150. The van der Waals surface area contributed by atoms with E-state index in [9.17, 15) is 18.8 Å². The minimum Gasteiger partial charge on any atom is -0.379 e. The van der Waals surface area contributed by atoms with Crippen molar-refractivity contribution in [1.29, 1.82) is 0 Å². The number of amides is 3. The minimum atomic E-state index is -0.997. The van der Waals surface area contributed by atoms with Gasteiger partial charge in [-0.25, -0.2) is 4.39 Å². The summed E-state index contributed by atoms with van der Waals surface area (Å²) in [7, 11) is 3.26. The first-order valence-electron chi connectivity index (χ1n) is 12.7. The average Bonchev–Trinajstić information content (AvgIpc) is 3.16. The number of carbonyl (C=O) groups is 3. The summed E-state index contributed by atoms with van der Waals surface area (Å²) in [6.45, 7) is 4.80. The van der Waals surface area contributed by atoms with Gasteiger partial charge < -0.3 is 24.8 Å². The van der Waals surface area contributed by atoms with Gasteiger partial charge in [-0.2, -0.15) is 0 Å². The zero-order chi connectivity index (χ0) is 26.7. The Morgan fingerprint density at radius 3 is 2.43 bits per heavy atom. The molecule has 2 heterocycles. The van der Waals surface area contributed by atoms with E-state index >= 15 is 0 Å². The van der Waals surface area contributed by atoms with Gasteiger partial charge in [-0.1, -0.05) is 31.2 Å². The summed E-state index contributed by atoms with van der Waals surface area (Å²) in [4.78, 5) is 45.4. The van der Waals surface area contributed by atoms with Crippen LogP contribution >= 0.6 is 0 Å². The third-order valence-corrected chi connectivity index (χ3v) is 7.66. The smallest absolute Gasteiger partial charge is 0.254 e. The van der Waals surface area contributed by atoms with Crippen LogP contribution in [0.25, 0.3) is 0 Å². The standard InChI is InChI=1S/C28H35FN4O4/c1-5-20-11-12-23(29)22(17-20)25(34)30-24(19(2)37-4)26(35)32-15-13-28(14-16-32)27(36)31(3)18-33(28)21-9-7-6-8-10-21/h6-12,17,19,24H,5,13-16,18H2,1-4H3,(H,30,34)/t19-,24-/m0/s1. The first kappa shape index (κ1) is 26.6. The van der Waals surface area contributed by atoms with Crippen molar-refractivity contribution in [2.75, 3.05) is 38.8 Å². The van der Waals surface area contributed by atoms with Gasteiger partial charge in [0.05, 0.1) is 18.3 Å². The predicted octanol–water partition coefficient (Wildman–Crippen LogP) is 2.82. The van der Waals surface area contributed by atoms with Crippen molar-refractivity contribution < 1.29 is 23.5 Å². The van der Waals surface area contributed by atoms with E-state index in [1.54, 1.807) is 29.8 Å². The molecule has 2 atom stereocenters. The fourth-order valence-electron chi connectivity index (χ4n) is 5.30. The number of para-hydroxylation sites is 1. The quantitative estimate of drug-likeness (QED) is 0.620. The fraction of sp³-hybridized carbons (Fsp3) is 0.464. The summed E-state index contributed by atoms with van der Waals surface area (Å²) >= 11 is 0. The molecule has 3 amide bonds. The molecule has 0 saturated carbocycles. The second-order valence-electron chi connectivity index (χ2n) is 9.82. The number of nitrogens with zero attached hydrogens (tertiary/aromatic N) is 3. The minimum absolute atomic E-state index is 0.0462. The van der Waals surface area contributed by atoms with Crippen LogP contribution in [0.5, 0.6) is 0 Å². The molecular formula is C28H35FN4O4. The molecule has 2 aliphatic rings. The highest BCUT2D eigenvalue weighted by Gasteiger charge is 2.53. The zero-order valence-electron chi connectivity index (χ0n) is 21.9. The molecule has 4 rings (SSSR count).